The maximum absolute atomic E-state index is 13.4. The van der Waals surface area contributed by atoms with Gasteiger partial charge in [0.05, 0.1) is 36.1 Å². The van der Waals surface area contributed by atoms with Crippen LogP contribution >= 0.6 is 23.2 Å². The van der Waals surface area contributed by atoms with Crippen molar-refractivity contribution in [1.82, 2.24) is 20.0 Å². The number of amides is 1. The number of anilines is 1. The van der Waals surface area contributed by atoms with Gasteiger partial charge in [-0.1, -0.05) is 72.5 Å². The maximum Gasteiger partial charge on any atom is 0.254 e. The molecule has 0 aliphatic heterocycles. The molecule has 0 fully saturated rings. The molecule has 1 amide bonds. The van der Waals surface area contributed by atoms with E-state index in [1.165, 1.54) is 28.2 Å². The Kier molecular flexibility index (Phi) is 9.26. The highest BCUT2D eigenvalue weighted by Gasteiger charge is 2.24. The summed E-state index contributed by atoms with van der Waals surface area (Å²) in [5, 5.41) is 8.48. The molecule has 10 nitrogen and oxygen atoms in total. The van der Waals surface area contributed by atoms with Crippen molar-refractivity contribution in [3.63, 3.8) is 0 Å². The maximum atomic E-state index is 13.4. The standard InChI is InChI=1S/C28H29Cl2N7O3/c1-17(2)22-12-20(40-35-22)14-33-28(39)25(10-18-6-4-3-5-7-18)36-16-34-23(13-27(36)38)21-11-19(29)8-9-24(21)37(32)15-26(30)31/h3-9,11-13,15-17,25H,10,14,31-32H2,1-2H3,(H,33,39)/b26-15-. The van der Waals surface area contributed by atoms with Crippen molar-refractivity contribution in [3.8, 4) is 11.3 Å². The van der Waals surface area contributed by atoms with E-state index in [-0.39, 0.29) is 29.9 Å². The van der Waals surface area contributed by atoms with Gasteiger partial charge in [-0.2, -0.15) is 0 Å². The van der Waals surface area contributed by atoms with Gasteiger partial charge in [0, 0.05) is 29.1 Å². The van der Waals surface area contributed by atoms with Crippen molar-refractivity contribution in [2.75, 3.05) is 5.01 Å². The van der Waals surface area contributed by atoms with Gasteiger partial charge >= 0.3 is 0 Å². The molecule has 2 heterocycles. The first-order chi connectivity index (χ1) is 19.1. The van der Waals surface area contributed by atoms with Crippen molar-refractivity contribution in [3.05, 3.63) is 111 Å². The number of nitrogens with one attached hydrogen (secondary N) is 1. The lowest BCUT2D eigenvalue weighted by atomic mass is 10.0. The summed E-state index contributed by atoms with van der Waals surface area (Å²) in [6.45, 7) is 4.13. The molecule has 0 aliphatic rings. The predicted molar refractivity (Wildman–Crippen MR) is 155 cm³/mol. The van der Waals surface area contributed by atoms with Crippen LogP contribution in [-0.2, 0) is 17.8 Å². The quantitative estimate of drug-likeness (QED) is 0.141. The predicted octanol–water partition coefficient (Wildman–Crippen LogP) is 4.45. The Bertz CT molecular complexity index is 1560. The molecule has 4 aromatic rings. The van der Waals surface area contributed by atoms with Crippen molar-refractivity contribution >= 4 is 34.8 Å². The highest BCUT2D eigenvalue weighted by Crippen LogP contribution is 2.31. The van der Waals surface area contributed by atoms with Gasteiger partial charge < -0.3 is 15.6 Å². The van der Waals surface area contributed by atoms with E-state index in [4.69, 9.17) is 39.3 Å². The molecule has 1 atom stereocenters. The molecule has 0 saturated heterocycles. The zero-order chi connectivity index (χ0) is 28.8. The minimum atomic E-state index is -0.882. The van der Waals surface area contributed by atoms with Gasteiger partial charge in [0.2, 0.25) is 5.91 Å². The van der Waals surface area contributed by atoms with E-state index in [1.807, 2.05) is 44.2 Å². The third kappa shape index (κ3) is 7.09. The lowest BCUT2D eigenvalue weighted by Gasteiger charge is -2.21. The molecule has 2 aromatic heterocycles. The van der Waals surface area contributed by atoms with Crippen LogP contribution in [0.1, 0.15) is 42.8 Å². The summed E-state index contributed by atoms with van der Waals surface area (Å²) < 4.78 is 6.64. The van der Waals surface area contributed by atoms with Crippen LogP contribution in [0.25, 0.3) is 11.3 Å². The molecule has 208 valence electrons. The summed E-state index contributed by atoms with van der Waals surface area (Å²) in [5.74, 6) is 6.43. The number of rotatable bonds is 10. The number of hydrogen-bond acceptors (Lipinski definition) is 8. The number of halogens is 2. The number of aromatic nitrogens is 3. The highest BCUT2D eigenvalue weighted by molar-refractivity contribution is 6.31. The molecule has 5 N–H and O–H groups in total. The average molecular weight is 582 g/mol. The van der Waals surface area contributed by atoms with Crippen LogP contribution < -0.4 is 27.5 Å². The topological polar surface area (TPSA) is 145 Å². The summed E-state index contributed by atoms with van der Waals surface area (Å²) in [4.78, 5) is 31.3. The van der Waals surface area contributed by atoms with Gasteiger partial charge in [0.15, 0.2) is 5.76 Å². The Hall–Kier alpha value is -4.12. The smallest absolute Gasteiger partial charge is 0.254 e. The fourth-order valence-corrected chi connectivity index (χ4v) is 4.34. The third-order valence-corrected chi connectivity index (χ3v) is 6.46. The van der Waals surface area contributed by atoms with Crippen molar-refractivity contribution in [1.29, 1.82) is 0 Å². The van der Waals surface area contributed by atoms with E-state index >= 15 is 0 Å². The fraction of sp³-hybridized carbons (Fsp3) is 0.214. The van der Waals surface area contributed by atoms with Crippen LogP contribution in [0.15, 0.2) is 87.7 Å². The zero-order valence-corrected chi connectivity index (χ0v) is 23.4. The van der Waals surface area contributed by atoms with Gasteiger partial charge in [-0.15, -0.1) is 0 Å². The summed E-state index contributed by atoms with van der Waals surface area (Å²) in [7, 11) is 0. The van der Waals surface area contributed by atoms with Crippen LogP contribution in [0, 0.1) is 0 Å². The Labute approximate surface area is 241 Å². The molecular weight excluding hydrogens is 553 g/mol. The van der Waals surface area contributed by atoms with Crippen molar-refractivity contribution in [2.24, 2.45) is 11.6 Å². The number of benzene rings is 2. The summed E-state index contributed by atoms with van der Waals surface area (Å²) in [6.07, 6.45) is 2.92. The number of nitrogens with two attached hydrogens (primary N) is 2. The monoisotopic (exact) mass is 581 g/mol. The van der Waals surface area contributed by atoms with E-state index < -0.39 is 11.6 Å². The lowest BCUT2D eigenvalue weighted by Crippen LogP contribution is -2.38. The number of hydrogen-bond donors (Lipinski definition) is 3. The largest absolute Gasteiger partial charge is 0.388 e. The highest BCUT2D eigenvalue weighted by atomic mass is 35.5. The van der Waals surface area contributed by atoms with E-state index in [9.17, 15) is 9.59 Å². The summed E-state index contributed by atoms with van der Waals surface area (Å²) >= 11 is 12.0. The number of nitrogens with zero attached hydrogens (tertiary/aromatic N) is 4. The molecule has 0 aliphatic carbocycles. The van der Waals surface area contributed by atoms with Crippen LogP contribution in [0.2, 0.25) is 5.02 Å². The molecule has 4 rings (SSSR count). The number of carbonyl (C=O) groups excluding carboxylic acids is 1. The SMILES string of the molecule is CC(C)c1cc(CNC(=O)C(Cc2ccccc2)n2cnc(-c3cc(Cl)ccc3N(N)/C=C(\N)Cl)cc2=O)on1. The second-order valence-corrected chi connectivity index (χ2v) is 10.3. The van der Waals surface area contributed by atoms with E-state index in [0.29, 0.717) is 27.7 Å². The first-order valence-electron chi connectivity index (χ1n) is 12.4. The molecule has 2 aromatic carbocycles. The second-order valence-electron chi connectivity index (χ2n) is 9.40. The molecule has 1 unspecified atom stereocenters. The molecule has 0 saturated carbocycles. The Morgan fingerprint density at radius 3 is 2.58 bits per heavy atom. The van der Waals surface area contributed by atoms with Crippen LogP contribution in [0.5, 0.6) is 0 Å². The minimum absolute atomic E-state index is 0.0349. The molecule has 0 spiro atoms. The van der Waals surface area contributed by atoms with Crippen molar-refractivity contribution in [2.45, 2.75) is 38.8 Å². The number of carbonyl (C=O) groups is 1. The third-order valence-electron chi connectivity index (χ3n) is 6.13. The van der Waals surface area contributed by atoms with E-state index in [2.05, 4.69) is 15.5 Å². The van der Waals surface area contributed by atoms with Crippen molar-refractivity contribution < 1.29 is 9.32 Å². The first kappa shape index (κ1) is 28.9. The van der Waals surface area contributed by atoms with Gasteiger partial charge in [-0.3, -0.25) is 19.2 Å². The van der Waals surface area contributed by atoms with Crippen LogP contribution in [-0.4, -0.2) is 20.6 Å². The van der Waals surface area contributed by atoms with Crippen LogP contribution in [0.3, 0.4) is 0 Å². The molecular formula is C28H29Cl2N7O3. The van der Waals surface area contributed by atoms with E-state index in [0.717, 1.165) is 11.3 Å². The Morgan fingerprint density at radius 2 is 1.93 bits per heavy atom. The molecule has 0 bridgehead atoms. The number of hydrazine groups is 1. The molecule has 12 heteroatoms. The molecule has 0 radical (unpaired) electrons. The van der Waals surface area contributed by atoms with Gasteiger partial charge in [-0.05, 0) is 29.7 Å². The first-order valence-corrected chi connectivity index (χ1v) is 13.2. The minimum Gasteiger partial charge on any atom is -0.388 e. The van der Waals surface area contributed by atoms with Gasteiger partial charge in [0.1, 0.15) is 11.2 Å². The van der Waals surface area contributed by atoms with Crippen LogP contribution in [0.4, 0.5) is 5.69 Å². The zero-order valence-electron chi connectivity index (χ0n) is 21.9. The summed E-state index contributed by atoms with van der Waals surface area (Å²) in [6, 6.07) is 16.6. The normalized spacial score (nSPS) is 12.4. The Balaban J connectivity index is 1.66. The second kappa shape index (κ2) is 12.8. The molecule has 40 heavy (non-hydrogen) atoms. The average Bonchev–Trinajstić information content (AvgIpc) is 3.40. The fourth-order valence-electron chi connectivity index (χ4n) is 4.06. The van der Waals surface area contributed by atoms with Gasteiger partial charge in [-0.25, -0.2) is 10.8 Å². The van der Waals surface area contributed by atoms with Gasteiger partial charge in [0.25, 0.3) is 5.56 Å². The summed E-state index contributed by atoms with van der Waals surface area (Å²) in [5.41, 5.74) is 8.03. The van der Waals surface area contributed by atoms with E-state index in [1.54, 1.807) is 24.3 Å². The lowest BCUT2D eigenvalue weighted by molar-refractivity contribution is -0.124. The Morgan fingerprint density at radius 1 is 1.18 bits per heavy atom.